The molecule has 1 fully saturated rings. The zero-order chi connectivity index (χ0) is 12.8. The quantitative estimate of drug-likeness (QED) is 0.904. The van der Waals surface area contributed by atoms with Gasteiger partial charge in [-0.3, -0.25) is 0 Å². The van der Waals surface area contributed by atoms with E-state index in [1.54, 1.807) is 0 Å². The van der Waals surface area contributed by atoms with Crippen molar-refractivity contribution in [1.82, 2.24) is 5.32 Å². The Morgan fingerprint density at radius 3 is 2.67 bits per heavy atom. The first-order valence-electron chi connectivity index (χ1n) is 6.65. The minimum absolute atomic E-state index is 0.142. The second-order valence-corrected chi connectivity index (χ2v) is 7.31. The van der Waals surface area contributed by atoms with E-state index in [1.807, 2.05) is 30.3 Å². The van der Waals surface area contributed by atoms with Gasteiger partial charge in [-0.15, -0.1) is 0 Å². The molecule has 1 aliphatic rings. The lowest BCUT2D eigenvalue weighted by Crippen LogP contribution is -2.26. The van der Waals surface area contributed by atoms with E-state index in [0.717, 1.165) is 37.9 Å². The molecule has 2 rings (SSSR count). The Morgan fingerprint density at radius 1 is 1.11 bits per heavy atom. The molecule has 0 amide bonds. The molecule has 1 saturated heterocycles. The lowest BCUT2D eigenvalue weighted by Gasteiger charge is -2.14. The van der Waals surface area contributed by atoms with Crippen LogP contribution in [0.2, 0.25) is 0 Å². The highest BCUT2D eigenvalue weighted by atomic mass is 32.2. The van der Waals surface area contributed by atoms with Crippen molar-refractivity contribution < 1.29 is 8.42 Å². The minimum atomic E-state index is -2.94. The normalized spacial score (nSPS) is 21.4. The molecule has 0 spiro atoms. The highest BCUT2D eigenvalue weighted by Gasteiger charge is 2.25. The van der Waals surface area contributed by atoms with Crippen molar-refractivity contribution >= 4 is 9.84 Å². The molecule has 100 valence electrons. The van der Waals surface area contributed by atoms with Gasteiger partial charge in [-0.05, 0) is 44.3 Å². The fraction of sp³-hybridized carbons (Fsp3) is 0.571. The van der Waals surface area contributed by atoms with Gasteiger partial charge in [0, 0.05) is 0 Å². The maximum absolute atomic E-state index is 12.3. The molecule has 0 aromatic heterocycles. The van der Waals surface area contributed by atoms with E-state index >= 15 is 0 Å². The third-order valence-electron chi connectivity index (χ3n) is 3.55. The van der Waals surface area contributed by atoms with Crippen molar-refractivity contribution in [3.63, 3.8) is 0 Å². The summed E-state index contributed by atoms with van der Waals surface area (Å²) in [5.41, 5.74) is 1.10. The standard InChI is InChI=1S/C14H21NO2S/c16-18(17,14-7-4-10-15-11-8-14)12-9-13-5-2-1-3-6-13/h1-3,5-6,14-15H,4,7-12H2. The number of hydrogen-bond acceptors (Lipinski definition) is 3. The molecule has 1 atom stereocenters. The van der Waals surface area contributed by atoms with Crippen molar-refractivity contribution in [3.8, 4) is 0 Å². The third kappa shape index (κ3) is 3.82. The fourth-order valence-corrected chi connectivity index (χ4v) is 4.27. The molecule has 0 saturated carbocycles. The first kappa shape index (κ1) is 13.6. The highest BCUT2D eigenvalue weighted by molar-refractivity contribution is 7.92. The zero-order valence-corrected chi connectivity index (χ0v) is 11.5. The van der Waals surface area contributed by atoms with E-state index in [9.17, 15) is 8.42 Å². The Kier molecular flexibility index (Phi) is 4.78. The molecule has 18 heavy (non-hydrogen) atoms. The molecule has 1 heterocycles. The summed E-state index contributed by atoms with van der Waals surface area (Å²) in [7, 11) is -2.94. The average molecular weight is 267 g/mol. The summed E-state index contributed by atoms with van der Waals surface area (Å²) in [6.07, 6.45) is 3.17. The van der Waals surface area contributed by atoms with Gasteiger partial charge in [-0.25, -0.2) is 8.42 Å². The fourth-order valence-electron chi connectivity index (χ4n) is 2.42. The average Bonchev–Trinajstić information content (AvgIpc) is 2.67. The van der Waals surface area contributed by atoms with Crippen LogP contribution in [0.3, 0.4) is 0 Å². The lowest BCUT2D eigenvalue weighted by molar-refractivity contribution is 0.566. The van der Waals surface area contributed by atoms with Gasteiger partial charge >= 0.3 is 0 Å². The van der Waals surface area contributed by atoms with E-state index in [2.05, 4.69) is 5.32 Å². The Labute approximate surface area is 110 Å². The summed E-state index contributed by atoms with van der Waals surface area (Å²) >= 11 is 0. The van der Waals surface area contributed by atoms with Gasteiger partial charge in [-0.1, -0.05) is 30.3 Å². The Hall–Kier alpha value is -0.870. The number of hydrogen-bond donors (Lipinski definition) is 1. The molecule has 0 bridgehead atoms. The summed E-state index contributed by atoms with van der Waals surface area (Å²) in [4.78, 5) is 0. The second kappa shape index (κ2) is 6.34. The van der Waals surface area contributed by atoms with Crippen molar-refractivity contribution in [3.05, 3.63) is 35.9 Å². The second-order valence-electron chi connectivity index (χ2n) is 4.91. The van der Waals surface area contributed by atoms with Gasteiger partial charge in [0.15, 0.2) is 9.84 Å². The van der Waals surface area contributed by atoms with Gasteiger partial charge in [0.25, 0.3) is 0 Å². The van der Waals surface area contributed by atoms with Gasteiger partial charge in [0.1, 0.15) is 0 Å². The van der Waals surface area contributed by atoms with Crippen LogP contribution in [0.1, 0.15) is 24.8 Å². The van der Waals surface area contributed by atoms with Crippen LogP contribution in [0.15, 0.2) is 30.3 Å². The van der Waals surface area contributed by atoms with Gasteiger partial charge in [0.2, 0.25) is 0 Å². The predicted octanol–water partition coefficient (Wildman–Crippen LogP) is 1.79. The van der Waals surface area contributed by atoms with E-state index in [1.165, 1.54) is 0 Å². The topological polar surface area (TPSA) is 46.2 Å². The maximum Gasteiger partial charge on any atom is 0.153 e. The number of rotatable bonds is 4. The van der Waals surface area contributed by atoms with Gasteiger partial charge in [-0.2, -0.15) is 0 Å². The van der Waals surface area contributed by atoms with E-state index in [4.69, 9.17) is 0 Å². The van der Waals surface area contributed by atoms with Crippen molar-refractivity contribution in [2.75, 3.05) is 18.8 Å². The summed E-state index contributed by atoms with van der Waals surface area (Å²) in [6.45, 7) is 1.78. The number of nitrogens with one attached hydrogen (secondary N) is 1. The molecule has 1 N–H and O–H groups in total. The van der Waals surface area contributed by atoms with Gasteiger partial charge in [0.05, 0.1) is 11.0 Å². The summed E-state index contributed by atoms with van der Waals surface area (Å²) in [5, 5.41) is 3.12. The highest BCUT2D eigenvalue weighted by Crippen LogP contribution is 2.16. The molecule has 1 unspecified atom stereocenters. The van der Waals surface area contributed by atoms with Crippen LogP contribution in [0.4, 0.5) is 0 Å². The van der Waals surface area contributed by atoms with E-state index in [0.29, 0.717) is 6.42 Å². The largest absolute Gasteiger partial charge is 0.317 e. The van der Waals surface area contributed by atoms with Gasteiger partial charge < -0.3 is 5.32 Å². The van der Waals surface area contributed by atoms with Crippen LogP contribution in [-0.4, -0.2) is 32.5 Å². The Morgan fingerprint density at radius 2 is 1.89 bits per heavy atom. The maximum atomic E-state index is 12.3. The number of sulfone groups is 1. The first-order chi connectivity index (χ1) is 8.68. The van der Waals surface area contributed by atoms with Crippen LogP contribution < -0.4 is 5.32 Å². The van der Waals surface area contributed by atoms with Crippen molar-refractivity contribution in [2.24, 2.45) is 0 Å². The summed E-state index contributed by atoms with van der Waals surface area (Å²) in [6, 6.07) is 9.85. The Bertz CT molecular complexity index is 448. The predicted molar refractivity (Wildman–Crippen MR) is 74.4 cm³/mol. The minimum Gasteiger partial charge on any atom is -0.317 e. The monoisotopic (exact) mass is 267 g/mol. The molecular weight excluding hydrogens is 246 g/mol. The third-order valence-corrected chi connectivity index (χ3v) is 5.81. The van der Waals surface area contributed by atoms with Crippen LogP contribution in [-0.2, 0) is 16.3 Å². The van der Waals surface area contributed by atoms with Crippen molar-refractivity contribution in [1.29, 1.82) is 0 Å². The van der Waals surface area contributed by atoms with E-state index < -0.39 is 9.84 Å². The molecular formula is C14H21NO2S. The molecule has 4 heteroatoms. The van der Waals surface area contributed by atoms with E-state index in [-0.39, 0.29) is 11.0 Å². The molecule has 1 aromatic carbocycles. The first-order valence-corrected chi connectivity index (χ1v) is 8.36. The van der Waals surface area contributed by atoms with Crippen LogP contribution in [0.25, 0.3) is 0 Å². The molecule has 1 aliphatic heterocycles. The van der Waals surface area contributed by atoms with Crippen LogP contribution in [0, 0.1) is 0 Å². The SMILES string of the molecule is O=S(=O)(CCc1ccccc1)C1CCCNCC1. The summed E-state index contributed by atoms with van der Waals surface area (Å²) in [5.74, 6) is 0.279. The van der Waals surface area contributed by atoms with Crippen LogP contribution >= 0.6 is 0 Å². The van der Waals surface area contributed by atoms with Crippen molar-refractivity contribution in [2.45, 2.75) is 30.9 Å². The summed E-state index contributed by atoms with van der Waals surface area (Å²) < 4.78 is 24.6. The number of aryl methyl sites for hydroxylation is 1. The molecule has 1 aromatic rings. The Balaban J connectivity index is 1.94. The lowest BCUT2D eigenvalue weighted by atomic mass is 10.2. The van der Waals surface area contributed by atoms with Crippen LogP contribution in [0.5, 0.6) is 0 Å². The molecule has 3 nitrogen and oxygen atoms in total. The zero-order valence-electron chi connectivity index (χ0n) is 10.6. The molecule has 0 aliphatic carbocycles. The number of benzene rings is 1. The smallest absolute Gasteiger partial charge is 0.153 e. The molecule has 0 radical (unpaired) electrons.